The number of rotatable bonds is 6. The highest BCUT2D eigenvalue weighted by Gasteiger charge is 2.37. The minimum atomic E-state index is -1.79. The minimum Gasteiger partial charge on any atom is -0.413 e. The number of fused-ring (bicyclic) bond motifs is 1. The SMILES string of the molecule is CC(C)(C)[Si](C)(C)OCc1ccc(-n2c(-c3cccnc3N)cc3cnc(C4CC4)cc32)cc1. The van der Waals surface area contributed by atoms with Crippen molar-refractivity contribution in [2.24, 2.45) is 0 Å². The van der Waals surface area contributed by atoms with Crippen molar-refractivity contribution >= 4 is 25.0 Å². The van der Waals surface area contributed by atoms with Crippen molar-refractivity contribution in [2.45, 2.75) is 64.3 Å². The van der Waals surface area contributed by atoms with E-state index in [2.05, 4.69) is 79.8 Å². The fourth-order valence-electron chi connectivity index (χ4n) is 4.05. The lowest BCUT2D eigenvalue weighted by Crippen LogP contribution is -2.40. The number of nitrogen functional groups attached to an aromatic ring is 1. The second-order valence-corrected chi connectivity index (χ2v) is 15.8. The van der Waals surface area contributed by atoms with Gasteiger partial charge in [-0.1, -0.05) is 32.9 Å². The second-order valence-electron chi connectivity index (χ2n) is 11.0. The van der Waals surface area contributed by atoms with E-state index in [1.54, 1.807) is 6.20 Å². The highest BCUT2D eigenvalue weighted by molar-refractivity contribution is 6.74. The summed E-state index contributed by atoms with van der Waals surface area (Å²) in [4.78, 5) is 9.07. The van der Waals surface area contributed by atoms with E-state index in [4.69, 9.17) is 15.1 Å². The Kier molecular flexibility index (Phi) is 5.61. The van der Waals surface area contributed by atoms with E-state index in [1.165, 1.54) is 24.1 Å². The largest absolute Gasteiger partial charge is 0.413 e. The Morgan fingerprint density at radius 2 is 1.79 bits per heavy atom. The molecule has 0 atom stereocenters. The van der Waals surface area contributed by atoms with E-state index in [0.29, 0.717) is 18.3 Å². The average molecular weight is 471 g/mol. The first-order valence-electron chi connectivity index (χ1n) is 12.1. The molecule has 34 heavy (non-hydrogen) atoms. The number of anilines is 1. The van der Waals surface area contributed by atoms with Gasteiger partial charge in [-0.05, 0) is 72.9 Å². The molecule has 6 heteroatoms. The number of benzene rings is 1. The molecule has 3 heterocycles. The summed E-state index contributed by atoms with van der Waals surface area (Å²) in [7, 11) is -1.79. The summed E-state index contributed by atoms with van der Waals surface area (Å²) in [5, 5.41) is 1.30. The molecular formula is C28H34N4OSi. The number of hydrogen-bond acceptors (Lipinski definition) is 4. The molecule has 1 aromatic carbocycles. The van der Waals surface area contributed by atoms with Gasteiger partial charge in [-0.3, -0.25) is 4.98 Å². The highest BCUT2D eigenvalue weighted by Crippen LogP contribution is 2.41. The molecule has 1 saturated carbocycles. The van der Waals surface area contributed by atoms with Crippen LogP contribution in [-0.4, -0.2) is 22.9 Å². The summed E-state index contributed by atoms with van der Waals surface area (Å²) in [6.45, 7) is 12.1. The number of nitrogens with two attached hydrogens (primary N) is 1. The third-order valence-corrected chi connectivity index (χ3v) is 11.9. The van der Waals surface area contributed by atoms with E-state index >= 15 is 0 Å². The van der Waals surface area contributed by atoms with Crippen molar-refractivity contribution in [3.8, 4) is 16.9 Å². The lowest BCUT2D eigenvalue weighted by Gasteiger charge is -2.36. The van der Waals surface area contributed by atoms with Crippen molar-refractivity contribution in [3.63, 3.8) is 0 Å². The van der Waals surface area contributed by atoms with Crippen LogP contribution in [0.1, 0.15) is 50.8 Å². The molecule has 0 amide bonds. The van der Waals surface area contributed by atoms with Crippen LogP contribution in [0, 0.1) is 0 Å². The molecule has 1 aliphatic rings. The van der Waals surface area contributed by atoms with Crippen LogP contribution in [0.3, 0.4) is 0 Å². The summed E-state index contributed by atoms with van der Waals surface area (Å²) in [6, 6.07) is 17.1. The molecule has 0 unspecified atom stereocenters. The van der Waals surface area contributed by atoms with Crippen LogP contribution >= 0.6 is 0 Å². The number of hydrogen-bond donors (Lipinski definition) is 1. The second kappa shape index (κ2) is 8.36. The Morgan fingerprint density at radius 3 is 2.44 bits per heavy atom. The Labute approximate surface area is 203 Å². The van der Waals surface area contributed by atoms with Gasteiger partial charge in [0.05, 0.1) is 17.8 Å². The third kappa shape index (κ3) is 4.28. The van der Waals surface area contributed by atoms with Gasteiger partial charge >= 0.3 is 0 Å². The topological polar surface area (TPSA) is 66.0 Å². The van der Waals surface area contributed by atoms with Gasteiger partial charge < -0.3 is 14.7 Å². The normalized spacial score (nSPS) is 14.6. The molecule has 3 aromatic heterocycles. The van der Waals surface area contributed by atoms with Crippen LogP contribution in [0.2, 0.25) is 18.1 Å². The quantitative estimate of drug-likeness (QED) is 0.306. The molecule has 0 saturated heterocycles. The first kappa shape index (κ1) is 22.8. The molecule has 0 aliphatic heterocycles. The zero-order valence-corrected chi connectivity index (χ0v) is 21.8. The maximum absolute atomic E-state index is 6.44. The molecule has 1 fully saturated rings. The fourth-order valence-corrected chi connectivity index (χ4v) is 5.01. The molecule has 5 nitrogen and oxygen atoms in total. The number of pyridine rings is 2. The van der Waals surface area contributed by atoms with Gasteiger partial charge in [0, 0.05) is 40.6 Å². The molecule has 0 bridgehead atoms. The zero-order valence-electron chi connectivity index (χ0n) is 20.8. The Balaban J connectivity index is 1.55. The maximum Gasteiger partial charge on any atom is 0.192 e. The van der Waals surface area contributed by atoms with E-state index in [-0.39, 0.29) is 5.04 Å². The maximum atomic E-state index is 6.44. The van der Waals surface area contributed by atoms with Gasteiger partial charge in [-0.2, -0.15) is 0 Å². The molecular weight excluding hydrogens is 436 g/mol. The minimum absolute atomic E-state index is 0.197. The zero-order chi connectivity index (χ0) is 24.1. The highest BCUT2D eigenvalue weighted by atomic mass is 28.4. The van der Waals surface area contributed by atoms with Crippen LogP contribution in [-0.2, 0) is 11.0 Å². The van der Waals surface area contributed by atoms with Gasteiger partial charge in [0.15, 0.2) is 8.32 Å². The standard InChI is InChI=1S/C28H34N4OSi/c1-28(2,3)34(4,5)33-18-19-8-12-22(13-9-19)32-25-16-24(20-10-11-20)31-17-21(25)15-26(32)23-7-6-14-30-27(23)29/h6-9,12-17,20H,10-11,18H2,1-5H3,(H2,29,30). The van der Waals surface area contributed by atoms with Gasteiger partial charge in [-0.15, -0.1) is 0 Å². The summed E-state index contributed by atoms with van der Waals surface area (Å²) in [5.41, 5.74) is 12.9. The van der Waals surface area contributed by atoms with E-state index in [9.17, 15) is 0 Å². The van der Waals surface area contributed by atoms with E-state index in [0.717, 1.165) is 27.8 Å². The number of nitrogens with zero attached hydrogens (tertiary/aromatic N) is 3. The van der Waals surface area contributed by atoms with Gasteiger partial charge in [0.1, 0.15) is 5.82 Å². The van der Waals surface area contributed by atoms with Crippen molar-refractivity contribution < 1.29 is 4.43 Å². The molecule has 176 valence electrons. The molecule has 2 N–H and O–H groups in total. The molecule has 1 aliphatic carbocycles. The van der Waals surface area contributed by atoms with Crippen LogP contribution < -0.4 is 5.73 Å². The summed E-state index contributed by atoms with van der Waals surface area (Å²) < 4.78 is 8.72. The number of aromatic nitrogens is 3. The summed E-state index contributed by atoms with van der Waals surface area (Å²) in [5.74, 6) is 1.12. The summed E-state index contributed by atoms with van der Waals surface area (Å²) >= 11 is 0. The third-order valence-electron chi connectivity index (χ3n) is 7.42. The fraction of sp³-hybridized carbons (Fsp3) is 0.357. The van der Waals surface area contributed by atoms with E-state index in [1.807, 2.05) is 18.3 Å². The summed E-state index contributed by atoms with van der Waals surface area (Å²) in [6.07, 6.45) is 6.18. The van der Waals surface area contributed by atoms with Crippen LogP contribution in [0.5, 0.6) is 0 Å². The van der Waals surface area contributed by atoms with Crippen LogP contribution in [0.25, 0.3) is 27.8 Å². The first-order chi connectivity index (χ1) is 16.1. The average Bonchev–Trinajstić information content (AvgIpc) is 3.58. The molecule has 4 aromatic rings. The van der Waals surface area contributed by atoms with Crippen molar-refractivity contribution in [1.29, 1.82) is 0 Å². The van der Waals surface area contributed by atoms with Crippen LogP contribution in [0.4, 0.5) is 5.82 Å². The smallest absolute Gasteiger partial charge is 0.192 e. The van der Waals surface area contributed by atoms with Crippen LogP contribution in [0.15, 0.2) is 60.9 Å². The monoisotopic (exact) mass is 470 g/mol. The Morgan fingerprint density at radius 1 is 1.06 bits per heavy atom. The lowest BCUT2D eigenvalue weighted by molar-refractivity contribution is 0.276. The van der Waals surface area contributed by atoms with Gasteiger partial charge in [0.25, 0.3) is 0 Å². The lowest BCUT2D eigenvalue weighted by atomic mass is 10.1. The van der Waals surface area contributed by atoms with Crippen molar-refractivity contribution in [3.05, 3.63) is 72.2 Å². The van der Waals surface area contributed by atoms with Gasteiger partial charge in [-0.25, -0.2) is 4.98 Å². The van der Waals surface area contributed by atoms with E-state index < -0.39 is 8.32 Å². The van der Waals surface area contributed by atoms with Crippen molar-refractivity contribution in [1.82, 2.24) is 14.5 Å². The van der Waals surface area contributed by atoms with Crippen molar-refractivity contribution in [2.75, 3.05) is 5.73 Å². The predicted octanol–water partition coefficient (Wildman–Crippen LogP) is 7.07. The van der Waals surface area contributed by atoms with Gasteiger partial charge in [0.2, 0.25) is 0 Å². The molecule has 5 rings (SSSR count). The Hall–Kier alpha value is -2.96. The Bertz CT molecular complexity index is 1330. The molecule has 0 spiro atoms. The first-order valence-corrected chi connectivity index (χ1v) is 15.0. The molecule has 0 radical (unpaired) electrons. The predicted molar refractivity (Wildman–Crippen MR) is 143 cm³/mol.